The van der Waals surface area contributed by atoms with Gasteiger partial charge in [-0.3, -0.25) is 0 Å². The van der Waals surface area contributed by atoms with Crippen LogP contribution in [0.25, 0.3) is 0 Å². The molecule has 0 saturated carbocycles. The van der Waals surface area contributed by atoms with Crippen LogP contribution >= 0.6 is 0 Å². The molecule has 2 N–H and O–H groups in total. The molecule has 0 aliphatic carbocycles. The summed E-state index contributed by atoms with van der Waals surface area (Å²) in [7, 11) is 0. The molecule has 1 saturated heterocycles. The molecule has 3 heteroatoms. The van der Waals surface area contributed by atoms with E-state index in [1.54, 1.807) is 0 Å². The second kappa shape index (κ2) is 6.21. The second-order valence-electron chi connectivity index (χ2n) is 5.04. The molecule has 0 amide bonds. The Morgan fingerprint density at radius 3 is 2.61 bits per heavy atom. The first-order chi connectivity index (χ1) is 8.69. The molecule has 18 heavy (non-hydrogen) atoms. The van der Waals surface area contributed by atoms with Gasteiger partial charge in [-0.15, -0.1) is 0 Å². The number of hydrogen-bond acceptors (Lipinski definition) is 3. The summed E-state index contributed by atoms with van der Waals surface area (Å²) in [6.45, 7) is 4.85. The van der Waals surface area contributed by atoms with Crippen LogP contribution in [-0.2, 0) is 4.74 Å². The molecule has 0 aromatic heterocycles. The quantitative estimate of drug-likeness (QED) is 0.872. The van der Waals surface area contributed by atoms with Crippen LogP contribution in [0.15, 0.2) is 24.3 Å². The van der Waals surface area contributed by atoms with E-state index < -0.39 is 0 Å². The Hall–Kier alpha value is -1.06. The maximum atomic E-state index is 5.97. The van der Waals surface area contributed by atoms with Crippen molar-refractivity contribution >= 4 is 0 Å². The molecule has 1 aromatic carbocycles. The van der Waals surface area contributed by atoms with Crippen LogP contribution in [0.5, 0.6) is 5.75 Å². The lowest BCUT2D eigenvalue weighted by molar-refractivity contribution is 0.0264. The predicted molar refractivity (Wildman–Crippen MR) is 72.7 cm³/mol. The Morgan fingerprint density at radius 2 is 2.06 bits per heavy atom. The smallest absolute Gasteiger partial charge is 0.119 e. The summed E-state index contributed by atoms with van der Waals surface area (Å²) in [4.78, 5) is 0. The van der Waals surface area contributed by atoms with Crippen LogP contribution in [-0.4, -0.2) is 18.8 Å². The second-order valence-corrected chi connectivity index (χ2v) is 5.04. The largest absolute Gasteiger partial charge is 0.491 e. The number of benzene rings is 1. The minimum Gasteiger partial charge on any atom is -0.491 e. The van der Waals surface area contributed by atoms with Gasteiger partial charge in [0.2, 0.25) is 0 Å². The van der Waals surface area contributed by atoms with E-state index in [1.165, 1.54) is 0 Å². The average Bonchev–Trinajstić information content (AvgIpc) is 2.82. The maximum absolute atomic E-state index is 5.97. The molecule has 2 unspecified atom stereocenters. The molecular formula is C15H23NO2. The highest BCUT2D eigenvalue weighted by Crippen LogP contribution is 2.22. The molecule has 1 heterocycles. The van der Waals surface area contributed by atoms with Crippen molar-refractivity contribution in [1.82, 2.24) is 0 Å². The highest BCUT2D eigenvalue weighted by Gasteiger charge is 2.22. The fourth-order valence-electron chi connectivity index (χ4n) is 2.24. The maximum Gasteiger partial charge on any atom is 0.119 e. The summed E-state index contributed by atoms with van der Waals surface area (Å²) >= 11 is 0. The number of nitrogens with two attached hydrogens (primary N) is 1. The molecule has 0 spiro atoms. The predicted octanol–water partition coefficient (Wildman–Crippen LogP) is 3.04. The highest BCUT2D eigenvalue weighted by atomic mass is 16.5. The van der Waals surface area contributed by atoms with Crippen LogP contribution < -0.4 is 10.5 Å². The van der Waals surface area contributed by atoms with Crippen molar-refractivity contribution in [1.29, 1.82) is 0 Å². The van der Waals surface area contributed by atoms with Crippen molar-refractivity contribution in [2.24, 2.45) is 5.73 Å². The minimum atomic E-state index is 0.123. The normalized spacial score (nSPS) is 25.1. The van der Waals surface area contributed by atoms with E-state index in [4.69, 9.17) is 15.2 Å². The molecule has 3 atom stereocenters. The first-order valence-electron chi connectivity index (χ1n) is 6.83. The average molecular weight is 249 g/mol. The Bertz CT molecular complexity index is 363. The molecule has 1 aromatic rings. The van der Waals surface area contributed by atoms with E-state index in [2.05, 4.69) is 13.8 Å². The van der Waals surface area contributed by atoms with Crippen molar-refractivity contribution in [3.63, 3.8) is 0 Å². The minimum absolute atomic E-state index is 0.123. The van der Waals surface area contributed by atoms with E-state index in [0.717, 1.165) is 30.6 Å². The van der Waals surface area contributed by atoms with Gasteiger partial charge in [0.05, 0.1) is 12.2 Å². The van der Waals surface area contributed by atoms with Gasteiger partial charge in [-0.2, -0.15) is 0 Å². The van der Waals surface area contributed by atoms with E-state index in [9.17, 15) is 0 Å². The van der Waals surface area contributed by atoms with Crippen LogP contribution in [0, 0.1) is 0 Å². The van der Waals surface area contributed by atoms with E-state index >= 15 is 0 Å². The van der Waals surface area contributed by atoms with Crippen molar-refractivity contribution in [2.75, 3.05) is 6.61 Å². The summed E-state index contributed by atoms with van der Waals surface area (Å²) in [5.41, 5.74) is 7.13. The summed E-state index contributed by atoms with van der Waals surface area (Å²) in [6.07, 6.45) is 3.81. The highest BCUT2D eigenvalue weighted by molar-refractivity contribution is 5.29. The Morgan fingerprint density at radius 1 is 1.33 bits per heavy atom. The topological polar surface area (TPSA) is 44.5 Å². The van der Waals surface area contributed by atoms with Gasteiger partial charge in [-0.05, 0) is 43.9 Å². The molecule has 1 aliphatic rings. The van der Waals surface area contributed by atoms with Crippen molar-refractivity contribution in [3.05, 3.63) is 29.8 Å². The first-order valence-corrected chi connectivity index (χ1v) is 6.83. The zero-order chi connectivity index (χ0) is 13.0. The van der Waals surface area contributed by atoms with Gasteiger partial charge in [0, 0.05) is 6.04 Å². The molecular weight excluding hydrogens is 226 g/mol. The zero-order valence-electron chi connectivity index (χ0n) is 11.3. The lowest BCUT2D eigenvalue weighted by atomic mass is 10.1. The van der Waals surface area contributed by atoms with E-state index in [-0.39, 0.29) is 12.1 Å². The van der Waals surface area contributed by atoms with Gasteiger partial charge in [0.25, 0.3) is 0 Å². The fourth-order valence-corrected chi connectivity index (χ4v) is 2.24. The molecule has 2 rings (SSSR count). The molecule has 1 fully saturated rings. The molecule has 0 bridgehead atoms. The third-order valence-corrected chi connectivity index (χ3v) is 3.50. The standard InChI is InChI=1S/C15H23NO2/c1-3-15(16)12-5-8-13(9-6-12)17-10-14-7-4-11(2)18-14/h5-6,8-9,11,14-15H,3-4,7,10,16H2,1-2H3/t11?,14?,15-/m0/s1. The van der Waals surface area contributed by atoms with Crippen molar-refractivity contribution < 1.29 is 9.47 Å². The summed E-state index contributed by atoms with van der Waals surface area (Å²) in [5, 5.41) is 0. The lowest BCUT2D eigenvalue weighted by Gasteiger charge is -2.14. The number of rotatable bonds is 5. The fraction of sp³-hybridized carbons (Fsp3) is 0.600. The van der Waals surface area contributed by atoms with Crippen molar-refractivity contribution in [2.45, 2.75) is 51.4 Å². The lowest BCUT2D eigenvalue weighted by Crippen LogP contribution is -2.17. The van der Waals surface area contributed by atoms with Crippen molar-refractivity contribution in [3.8, 4) is 5.75 Å². The third kappa shape index (κ3) is 3.47. The van der Waals surface area contributed by atoms with Gasteiger partial charge in [-0.1, -0.05) is 19.1 Å². The van der Waals surface area contributed by atoms with Crippen LogP contribution in [0.4, 0.5) is 0 Å². The van der Waals surface area contributed by atoms with Crippen LogP contribution in [0.2, 0.25) is 0 Å². The third-order valence-electron chi connectivity index (χ3n) is 3.50. The Balaban J connectivity index is 1.83. The summed E-state index contributed by atoms with van der Waals surface area (Å²) < 4.78 is 11.5. The van der Waals surface area contributed by atoms with Crippen LogP contribution in [0.3, 0.4) is 0 Å². The van der Waals surface area contributed by atoms with E-state index in [0.29, 0.717) is 12.7 Å². The first kappa shape index (κ1) is 13.4. The number of ether oxygens (including phenoxy) is 2. The zero-order valence-corrected chi connectivity index (χ0v) is 11.3. The van der Waals surface area contributed by atoms with Gasteiger partial charge < -0.3 is 15.2 Å². The molecule has 0 radical (unpaired) electrons. The summed E-state index contributed by atoms with van der Waals surface area (Å²) in [6, 6.07) is 8.19. The summed E-state index contributed by atoms with van der Waals surface area (Å²) in [5.74, 6) is 0.894. The van der Waals surface area contributed by atoms with Gasteiger partial charge >= 0.3 is 0 Å². The molecule has 1 aliphatic heterocycles. The van der Waals surface area contributed by atoms with Gasteiger partial charge in [0.1, 0.15) is 12.4 Å². The molecule has 100 valence electrons. The number of hydrogen-bond donors (Lipinski definition) is 1. The molecule has 3 nitrogen and oxygen atoms in total. The van der Waals surface area contributed by atoms with Gasteiger partial charge in [-0.25, -0.2) is 0 Å². The Labute approximate surface area is 109 Å². The van der Waals surface area contributed by atoms with Crippen LogP contribution in [0.1, 0.15) is 44.7 Å². The monoisotopic (exact) mass is 249 g/mol. The van der Waals surface area contributed by atoms with Gasteiger partial charge in [0.15, 0.2) is 0 Å². The Kier molecular flexibility index (Phi) is 4.61. The van der Waals surface area contributed by atoms with E-state index in [1.807, 2.05) is 24.3 Å². The SMILES string of the molecule is CC[C@H](N)c1ccc(OCC2CCC(C)O2)cc1.